The lowest BCUT2D eigenvalue weighted by Gasteiger charge is -2.28. The Hall–Kier alpha value is -1.80. The lowest BCUT2D eigenvalue weighted by atomic mass is 9.77. The second-order valence-corrected chi connectivity index (χ2v) is 7.32. The highest BCUT2D eigenvalue weighted by molar-refractivity contribution is 6.30. The van der Waals surface area contributed by atoms with Gasteiger partial charge in [0, 0.05) is 17.1 Å². The van der Waals surface area contributed by atoms with E-state index in [0.29, 0.717) is 23.3 Å². The Balaban J connectivity index is 1.47. The van der Waals surface area contributed by atoms with Crippen molar-refractivity contribution >= 4 is 23.2 Å². The molecule has 1 amide bonds. The fourth-order valence-corrected chi connectivity index (χ4v) is 3.67. The van der Waals surface area contributed by atoms with Gasteiger partial charge < -0.3 is 5.32 Å². The number of carbonyl (C=O) groups excluding carboxylic acids is 1. The average molecular weight is 342 g/mol. The number of rotatable bonds is 4. The van der Waals surface area contributed by atoms with Gasteiger partial charge >= 0.3 is 0 Å². The van der Waals surface area contributed by atoms with Gasteiger partial charge in [-0.05, 0) is 74.3 Å². The molecule has 24 heavy (non-hydrogen) atoms. The largest absolute Gasteiger partial charge is 0.326 e. The van der Waals surface area contributed by atoms with Gasteiger partial charge in [-0.2, -0.15) is 0 Å². The van der Waals surface area contributed by atoms with Gasteiger partial charge in [-0.25, -0.2) is 0 Å². The van der Waals surface area contributed by atoms with Crippen LogP contribution in [0.5, 0.6) is 0 Å². The molecule has 3 rings (SSSR count). The summed E-state index contributed by atoms with van der Waals surface area (Å²) in [6.07, 6.45) is 5.24. The van der Waals surface area contributed by atoms with E-state index in [2.05, 4.69) is 36.5 Å². The summed E-state index contributed by atoms with van der Waals surface area (Å²) in [5, 5.41) is 3.65. The summed E-state index contributed by atoms with van der Waals surface area (Å²) >= 11 is 5.86. The van der Waals surface area contributed by atoms with Crippen LogP contribution >= 0.6 is 11.6 Å². The minimum atomic E-state index is 0.108. The fourth-order valence-electron chi connectivity index (χ4n) is 3.55. The SMILES string of the molecule is Cc1ccc([C@H]2CC[C@@H](CC(=O)Nc3ccc(Cl)cc3)CC2)cc1. The first-order chi connectivity index (χ1) is 11.6. The van der Waals surface area contributed by atoms with Crippen molar-refractivity contribution < 1.29 is 4.79 Å². The standard InChI is InChI=1S/C21H24ClNO/c1-15-2-6-17(7-3-15)18-8-4-16(5-9-18)14-21(24)23-20-12-10-19(22)11-13-20/h2-3,6-7,10-13,16,18H,4-5,8-9,14H2,1H3,(H,23,24)/t16-,18+. The number of hydrogen-bond acceptors (Lipinski definition) is 1. The molecular formula is C21H24ClNO. The van der Waals surface area contributed by atoms with Gasteiger partial charge in [-0.3, -0.25) is 4.79 Å². The van der Waals surface area contributed by atoms with Crippen molar-refractivity contribution in [2.45, 2.75) is 44.9 Å². The molecule has 126 valence electrons. The van der Waals surface area contributed by atoms with Gasteiger partial charge in [0.05, 0.1) is 0 Å². The van der Waals surface area contributed by atoms with E-state index in [4.69, 9.17) is 11.6 Å². The number of hydrogen-bond donors (Lipinski definition) is 1. The number of halogens is 1. The molecule has 1 aliphatic rings. The van der Waals surface area contributed by atoms with Crippen LogP contribution in [0.15, 0.2) is 48.5 Å². The summed E-state index contributed by atoms with van der Waals surface area (Å²) in [6.45, 7) is 2.12. The molecule has 0 aliphatic heterocycles. The van der Waals surface area contributed by atoms with Crippen LogP contribution in [-0.4, -0.2) is 5.91 Å². The second kappa shape index (κ2) is 7.85. The van der Waals surface area contributed by atoms with Crippen LogP contribution in [0.25, 0.3) is 0 Å². The van der Waals surface area contributed by atoms with Crippen LogP contribution in [0.4, 0.5) is 5.69 Å². The third-order valence-corrected chi connectivity index (χ3v) is 5.25. The van der Waals surface area contributed by atoms with E-state index in [1.165, 1.54) is 24.0 Å². The van der Waals surface area contributed by atoms with Gasteiger partial charge in [0.25, 0.3) is 0 Å². The van der Waals surface area contributed by atoms with Crippen molar-refractivity contribution in [2.24, 2.45) is 5.92 Å². The highest BCUT2D eigenvalue weighted by Crippen LogP contribution is 2.37. The molecule has 2 aromatic carbocycles. The normalized spacial score (nSPS) is 20.6. The maximum atomic E-state index is 12.2. The molecule has 0 radical (unpaired) electrons. The molecule has 1 aliphatic carbocycles. The Kier molecular flexibility index (Phi) is 5.57. The van der Waals surface area contributed by atoms with Gasteiger partial charge in [0.15, 0.2) is 0 Å². The number of benzene rings is 2. The molecule has 0 spiro atoms. The molecule has 1 fully saturated rings. The van der Waals surface area contributed by atoms with Gasteiger partial charge in [-0.15, -0.1) is 0 Å². The van der Waals surface area contributed by atoms with Crippen molar-refractivity contribution in [2.75, 3.05) is 5.32 Å². The Labute approximate surface area is 149 Å². The summed E-state index contributed by atoms with van der Waals surface area (Å²) in [6, 6.07) is 16.2. The summed E-state index contributed by atoms with van der Waals surface area (Å²) in [5.74, 6) is 1.26. The fraction of sp³-hybridized carbons (Fsp3) is 0.381. The molecule has 0 bridgehead atoms. The van der Waals surface area contributed by atoms with Crippen molar-refractivity contribution in [1.29, 1.82) is 0 Å². The third kappa shape index (κ3) is 4.61. The lowest BCUT2D eigenvalue weighted by molar-refractivity contribution is -0.117. The molecule has 3 heteroatoms. The lowest BCUT2D eigenvalue weighted by Crippen LogP contribution is -2.20. The zero-order valence-corrected chi connectivity index (χ0v) is 14.9. The molecule has 0 unspecified atom stereocenters. The Morgan fingerprint density at radius 1 is 1.00 bits per heavy atom. The molecular weight excluding hydrogens is 318 g/mol. The monoisotopic (exact) mass is 341 g/mol. The van der Waals surface area contributed by atoms with Crippen LogP contribution in [0.3, 0.4) is 0 Å². The van der Waals surface area contributed by atoms with E-state index in [0.717, 1.165) is 18.5 Å². The number of nitrogens with one attached hydrogen (secondary N) is 1. The minimum absolute atomic E-state index is 0.108. The zero-order valence-electron chi connectivity index (χ0n) is 14.1. The first kappa shape index (κ1) is 17.0. The van der Waals surface area contributed by atoms with E-state index >= 15 is 0 Å². The van der Waals surface area contributed by atoms with Crippen molar-refractivity contribution in [3.63, 3.8) is 0 Å². The average Bonchev–Trinajstić information content (AvgIpc) is 2.58. The van der Waals surface area contributed by atoms with E-state index in [-0.39, 0.29) is 5.91 Å². The van der Waals surface area contributed by atoms with Gasteiger partial charge in [0.1, 0.15) is 0 Å². The van der Waals surface area contributed by atoms with E-state index in [1.54, 1.807) is 12.1 Å². The Morgan fingerprint density at radius 3 is 2.25 bits per heavy atom. The van der Waals surface area contributed by atoms with Gasteiger partial charge in [0.2, 0.25) is 5.91 Å². The molecule has 1 N–H and O–H groups in total. The molecule has 0 aromatic heterocycles. The Bertz CT molecular complexity index is 670. The maximum Gasteiger partial charge on any atom is 0.224 e. The highest BCUT2D eigenvalue weighted by atomic mass is 35.5. The summed E-state index contributed by atoms with van der Waals surface area (Å²) < 4.78 is 0. The van der Waals surface area contributed by atoms with Crippen LogP contribution in [0.1, 0.15) is 49.1 Å². The summed E-state index contributed by atoms with van der Waals surface area (Å²) in [5.41, 5.74) is 3.58. The van der Waals surface area contributed by atoms with E-state index in [1.807, 2.05) is 12.1 Å². The predicted molar refractivity (Wildman–Crippen MR) is 101 cm³/mol. The van der Waals surface area contributed by atoms with Crippen molar-refractivity contribution in [3.8, 4) is 0 Å². The van der Waals surface area contributed by atoms with Crippen LogP contribution in [0, 0.1) is 12.8 Å². The first-order valence-corrected chi connectivity index (χ1v) is 9.10. The molecule has 2 aromatic rings. The van der Waals surface area contributed by atoms with E-state index < -0.39 is 0 Å². The van der Waals surface area contributed by atoms with Crippen molar-refractivity contribution in [3.05, 3.63) is 64.7 Å². The summed E-state index contributed by atoms with van der Waals surface area (Å²) in [7, 11) is 0. The van der Waals surface area contributed by atoms with Crippen molar-refractivity contribution in [1.82, 2.24) is 0 Å². The number of anilines is 1. The molecule has 1 saturated carbocycles. The molecule has 0 atom stereocenters. The van der Waals surface area contributed by atoms with Gasteiger partial charge in [-0.1, -0.05) is 41.4 Å². The zero-order chi connectivity index (χ0) is 16.9. The molecule has 0 saturated heterocycles. The molecule has 2 nitrogen and oxygen atoms in total. The maximum absolute atomic E-state index is 12.2. The van der Waals surface area contributed by atoms with Crippen LogP contribution < -0.4 is 5.32 Å². The highest BCUT2D eigenvalue weighted by Gasteiger charge is 2.24. The third-order valence-electron chi connectivity index (χ3n) is 5.00. The second-order valence-electron chi connectivity index (χ2n) is 6.89. The Morgan fingerprint density at radius 2 is 1.62 bits per heavy atom. The van der Waals surface area contributed by atoms with Crippen LogP contribution in [-0.2, 0) is 4.79 Å². The number of carbonyl (C=O) groups is 1. The quantitative estimate of drug-likeness (QED) is 0.731. The first-order valence-electron chi connectivity index (χ1n) is 8.72. The molecule has 0 heterocycles. The summed E-state index contributed by atoms with van der Waals surface area (Å²) in [4.78, 5) is 12.2. The van der Waals surface area contributed by atoms with E-state index in [9.17, 15) is 4.79 Å². The van der Waals surface area contributed by atoms with Crippen LogP contribution in [0.2, 0.25) is 5.02 Å². The smallest absolute Gasteiger partial charge is 0.224 e. The minimum Gasteiger partial charge on any atom is -0.326 e. The topological polar surface area (TPSA) is 29.1 Å². The predicted octanol–water partition coefficient (Wildman–Crippen LogP) is 5.95. The number of amides is 1. The number of aryl methyl sites for hydroxylation is 1.